The zero-order valence-corrected chi connectivity index (χ0v) is 7.98. The molecule has 0 unspecified atom stereocenters. The molecule has 0 aromatic rings. The molecule has 0 rings (SSSR count). The van der Waals surface area contributed by atoms with Crippen LogP contribution in [-0.2, 0) is 0 Å². The zero-order valence-electron chi connectivity index (χ0n) is 7.98. The number of unbranched alkanes of at least 4 members (excludes halogenated alkanes) is 1. The van der Waals surface area contributed by atoms with Crippen LogP contribution in [0.15, 0.2) is 0 Å². The minimum atomic E-state index is 0.0355. The smallest absolute Gasteiger partial charge is 0.0494 e. The quantitative estimate of drug-likeness (QED) is 0.574. The lowest BCUT2D eigenvalue weighted by Gasteiger charge is -2.21. The minimum Gasteiger partial charge on any atom is -0.396 e. The van der Waals surface area contributed by atoms with Crippen molar-refractivity contribution in [1.29, 1.82) is 0 Å². The Hall–Kier alpha value is -0.0800. The molecule has 11 heavy (non-hydrogen) atoms. The summed E-state index contributed by atoms with van der Waals surface area (Å²) in [7, 11) is 0. The second-order valence-corrected chi connectivity index (χ2v) is 3.85. The van der Waals surface area contributed by atoms with E-state index in [1.54, 1.807) is 0 Å². The van der Waals surface area contributed by atoms with Gasteiger partial charge < -0.3 is 10.4 Å². The van der Waals surface area contributed by atoms with Crippen molar-refractivity contribution in [1.82, 2.24) is 5.32 Å². The van der Waals surface area contributed by atoms with Crippen molar-refractivity contribution in [2.24, 2.45) is 5.41 Å². The van der Waals surface area contributed by atoms with Crippen LogP contribution >= 0.6 is 0 Å². The molecule has 0 heterocycles. The van der Waals surface area contributed by atoms with Crippen molar-refractivity contribution in [2.75, 3.05) is 19.7 Å². The fraction of sp³-hybridized carbons (Fsp3) is 1.00. The summed E-state index contributed by atoms with van der Waals surface area (Å²) >= 11 is 0. The highest BCUT2D eigenvalue weighted by molar-refractivity contribution is 4.69. The molecule has 2 N–H and O–H groups in total. The Labute approximate surface area is 70.0 Å². The van der Waals surface area contributed by atoms with E-state index >= 15 is 0 Å². The third-order valence-electron chi connectivity index (χ3n) is 1.74. The Balaban J connectivity index is 3.23. The predicted molar refractivity (Wildman–Crippen MR) is 48.6 cm³/mol. The highest BCUT2D eigenvalue weighted by atomic mass is 16.3. The third kappa shape index (κ3) is 6.32. The molecule has 0 fully saturated rings. The summed E-state index contributed by atoms with van der Waals surface area (Å²) in [6, 6.07) is 0. The van der Waals surface area contributed by atoms with Gasteiger partial charge in [0.15, 0.2) is 0 Å². The molecule has 0 aliphatic carbocycles. The maximum atomic E-state index is 8.91. The number of rotatable bonds is 6. The van der Waals surface area contributed by atoms with E-state index in [1.165, 1.54) is 12.8 Å². The average Bonchev–Trinajstić information content (AvgIpc) is 1.99. The molecule has 0 aromatic heterocycles. The van der Waals surface area contributed by atoms with Crippen LogP contribution in [0.5, 0.6) is 0 Å². The second-order valence-electron chi connectivity index (χ2n) is 3.85. The van der Waals surface area contributed by atoms with E-state index in [1.807, 2.05) is 0 Å². The van der Waals surface area contributed by atoms with E-state index in [0.717, 1.165) is 13.1 Å². The Morgan fingerprint density at radius 3 is 2.45 bits per heavy atom. The van der Waals surface area contributed by atoms with Gasteiger partial charge in [-0.25, -0.2) is 0 Å². The number of aliphatic hydroxyl groups excluding tert-OH is 1. The first-order chi connectivity index (χ1) is 5.12. The third-order valence-corrected chi connectivity index (χ3v) is 1.74. The Kier molecular flexibility index (Phi) is 5.51. The fourth-order valence-corrected chi connectivity index (χ4v) is 0.784. The van der Waals surface area contributed by atoms with E-state index in [9.17, 15) is 0 Å². The first kappa shape index (κ1) is 10.9. The van der Waals surface area contributed by atoms with Gasteiger partial charge in [-0.3, -0.25) is 0 Å². The van der Waals surface area contributed by atoms with Crippen LogP contribution in [0.1, 0.15) is 33.6 Å². The second kappa shape index (κ2) is 5.56. The van der Waals surface area contributed by atoms with Gasteiger partial charge in [-0.05, 0) is 13.0 Å². The van der Waals surface area contributed by atoms with Gasteiger partial charge in [-0.1, -0.05) is 27.2 Å². The van der Waals surface area contributed by atoms with Gasteiger partial charge in [0.25, 0.3) is 0 Å². The van der Waals surface area contributed by atoms with Gasteiger partial charge in [0, 0.05) is 18.6 Å². The number of hydrogen-bond acceptors (Lipinski definition) is 2. The molecule has 0 spiro atoms. The van der Waals surface area contributed by atoms with E-state index in [-0.39, 0.29) is 12.0 Å². The highest BCUT2D eigenvalue weighted by Crippen LogP contribution is 2.10. The molecule has 0 aliphatic rings. The van der Waals surface area contributed by atoms with Gasteiger partial charge in [0.1, 0.15) is 0 Å². The van der Waals surface area contributed by atoms with Crippen LogP contribution in [0.3, 0.4) is 0 Å². The number of hydrogen-bond donors (Lipinski definition) is 2. The Bertz CT molecular complexity index is 91.6. The first-order valence-corrected chi connectivity index (χ1v) is 4.44. The lowest BCUT2D eigenvalue weighted by molar-refractivity contribution is 0.157. The standard InChI is InChI=1S/C9H21NO/c1-4-5-6-10-7-9(2,3)8-11/h10-11H,4-8H2,1-3H3. The summed E-state index contributed by atoms with van der Waals surface area (Å²) in [5, 5.41) is 12.2. The molecule has 0 aromatic carbocycles. The molecular weight excluding hydrogens is 138 g/mol. The van der Waals surface area contributed by atoms with Crippen molar-refractivity contribution in [3.63, 3.8) is 0 Å². The van der Waals surface area contributed by atoms with Crippen LogP contribution in [0, 0.1) is 5.41 Å². The zero-order chi connectivity index (χ0) is 8.74. The number of aliphatic hydroxyl groups is 1. The molecule has 0 radical (unpaired) electrons. The molecule has 2 nitrogen and oxygen atoms in total. The van der Waals surface area contributed by atoms with E-state index in [2.05, 4.69) is 26.1 Å². The van der Waals surface area contributed by atoms with Crippen molar-refractivity contribution < 1.29 is 5.11 Å². The monoisotopic (exact) mass is 159 g/mol. The van der Waals surface area contributed by atoms with Crippen molar-refractivity contribution in [2.45, 2.75) is 33.6 Å². The predicted octanol–water partition coefficient (Wildman–Crippen LogP) is 1.39. The van der Waals surface area contributed by atoms with Gasteiger partial charge in [0.05, 0.1) is 0 Å². The van der Waals surface area contributed by atoms with Crippen LogP contribution in [0.4, 0.5) is 0 Å². The molecule has 0 saturated carbocycles. The first-order valence-electron chi connectivity index (χ1n) is 4.44. The number of nitrogens with one attached hydrogen (secondary N) is 1. The van der Waals surface area contributed by atoms with Gasteiger partial charge >= 0.3 is 0 Å². The largest absolute Gasteiger partial charge is 0.396 e. The van der Waals surface area contributed by atoms with Gasteiger partial charge in [-0.15, -0.1) is 0 Å². The molecule has 68 valence electrons. The maximum absolute atomic E-state index is 8.91. The fourth-order valence-electron chi connectivity index (χ4n) is 0.784. The summed E-state index contributed by atoms with van der Waals surface area (Å²) in [5.74, 6) is 0. The summed E-state index contributed by atoms with van der Waals surface area (Å²) in [4.78, 5) is 0. The Morgan fingerprint density at radius 2 is 2.00 bits per heavy atom. The van der Waals surface area contributed by atoms with Crippen LogP contribution in [-0.4, -0.2) is 24.8 Å². The molecule has 0 atom stereocenters. The topological polar surface area (TPSA) is 32.3 Å². The molecular formula is C9H21NO. The van der Waals surface area contributed by atoms with Gasteiger partial charge in [0.2, 0.25) is 0 Å². The Morgan fingerprint density at radius 1 is 1.36 bits per heavy atom. The summed E-state index contributed by atoms with van der Waals surface area (Å²) in [5.41, 5.74) is 0.0355. The molecule has 0 saturated heterocycles. The summed E-state index contributed by atoms with van der Waals surface area (Å²) < 4.78 is 0. The molecule has 2 heteroatoms. The van der Waals surface area contributed by atoms with Crippen molar-refractivity contribution >= 4 is 0 Å². The SMILES string of the molecule is CCCCNCC(C)(C)CO. The lowest BCUT2D eigenvalue weighted by Crippen LogP contribution is -2.32. The highest BCUT2D eigenvalue weighted by Gasteiger charge is 2.14. The van der Waals surface area contributed by atoms with Gasteiger partial charge in [-0.2, -0.15) is 0 Å². The van der Waals surface area contributed by atoms with E-state index < -0.39 is 0 Å². The summed E-state index contributed by atoms with van der Waals surface area (Å²) in [6.45, 7) is 8.53. The maximum Gasteiger partial charge on any atom is 0.0494 e. The summed E-state index contributed by atoms with van der Waals surface area (Å²) in [6.07, 6.45) is 2.45. The van der Waals surface area contributed by atoms with Crippen molar-refractivity contribution in [3.8, 4) is 0 Å². The molecule has 0 bridgehead atoms. The normalized spacial score (nSPS) is 12.0. The van der Waals surface area contributed by atoms with Crippen LogP contribution in [0.2, 0.25) is 0 Å². The minimum absolute atomic E-state index is 0.0355. The van der Waals surface area contributed by atoms with Crippen LogP contribution < -0.4 is 5.32 Å². The molecule has 0 aliphatic heterocycles. The lowest BCUT2D eigenvalue weighted by atomic mass is 9.95. The average molecular weight is 159 g/mol. The van der Waals surface area contributed by atoms with E-state index in [0.29, 0.717) is 0 Å². The van der Waals surface area contributed by atoms with E-state index in [4.69, 9.17) is 5.11 Å². The van der Waals surface area contributed by atoms with Crippen LogP contribution in [0.25, 0.3) is 0 Å². The van der Waals surface area contributed by atoms with Crippen molar-refractivity contribution in [3.05, 3.63) is 0 Å². The molecule has 0 amide bonds.